The quantitative estimate of drug-likeness (QED) is 0.490. The zero-order valence-electron chi connectivity index (χ0n) is 6.42. The minimum absolute atomic E-state index is 0.0454. The second-order valence-corrected chi connectivity index (χ2v) is 3.31. The van der Waals surface area contributed by atoms with Crippen LogP contribution >= 0.6 is 27.5 Å². The maximum Gasteiger partial charge on any atom is 0.178 e. The summed E-state index contributed by atoms with van der Waals surface area (Å²) in [4.78, 5) is 11.2. The van der Waals surface area contributed by atoms with Gasteiger partial charge in [-0.1, -0.05) is 27.5 Å². The molecule has 2 N–H and O–H groups in total. The molecule has 0 saturated heterocycles. The van der Waals surface area contributed by atoms with Gasteiger partial charge in [0.2, 0.25) is 0 Å². The Labute approximate surface area is 88.1 Å². The highest BCUT2D eigenvalue weighted by Crippen LogP contribution is 2.34. The molecule has 0 aromatic heterocycles. The molecule has 0 amide bonds. The third-order valence-corrected chi connectivity index (χ3v) is 2.33. The zero-order chi connectivity index (χ0) is 10.0. The van der Waals surface area contributed by atoms with Gasteiger partial charge in [0.05, 0.1) is 15.9 Å². The Morgan fingerprint density at radius 3 is 2.62 bits per heavy atom. The Morgan fingerprint density at radius 2 is 2.08 bits per heavy atom. The van der Waals surface area contributed by atoms with E-state index in [1.165, 1.54) is 12.1 Å². The van der Waals surface area contributed by atoms with E-state index in [1.807, 2.05) is 0 Å². The van der Waals surface area contributed by atoms with E-state index in [9.17, 15) is 9.90 Å². The van der Waals surface area contributed by atoms with E-state index in [2.05, 4.69) is 15.9 Å². The van der Waals surface area contributed by atoms with Crippen molar-refractivity contribution in [2.24, 2.45) is 0 Å². The van der Waals surface area contributed by atoms with Gasteiger partial charge in [-0.3, -0.25) is 4.79 Å². The predicted molar refractivity (Wildman–Crippen MR) is 52.9 cm³/mol. The Morgan fingerprint density at radius 1 is 1.46 bits per heavy atom. The molecule has 0 atom stereocenters. The summed E-state index contributed by atoms with van der Waals surface area (Å²) < 4.78 is 0. The van der Waals surface area contributed by atoms with Crippen molar-refractivity contribution >= 4 is 33.3 Å². The topological polar surface area (TPSA) is 57.5 Å². The molecule has 5 heteroatoms. The Bertz CT molecular complexity index is 351. The van der Waals surface area contributed by atoms with Gasteiger partial charge in [-0.05, 0) is 12.1 Å². The van der Waals surface area contributed by atoms with Crippen LogP contribution in [0.5, 0.6) is 11.5 Å². The van der Waals surface area contributed by atoms with Gasteiger partial charge in [-0.25, -0.2) is 0 Å². The summed E-state index contributed by atoms with van der Waals surface area (Å²) in [6.07, 6.45) is 0. The second-order valence-electron chi connectivity index (χ2n) is 2.35. The van der Waals surface area contributed by atoms with Gasteiger partial charge in [0.25, 0.3) is 0 Å². The van der Waals surface area contributed by atoms with Gasteiger partial charge < -0.3 is 10.2 Å². The van der Waals surface area contributed by atoms with Crippen LogP contribution in [0.2, 0.25) is 5.02 Å². The van der Waals surface area contributed by atoms with E-state index in [1.54, 1.807) is 0 Å². The Balaban J connectivity index is 3.33. The molecule has 1 rings (SSSR count). The number of phenolic OH excluding ortho intramolecular Hbond substituents is 2. The first-order valence-corrected chi connectivity index (χ1v) is 4.87. The first-order chi connectivity index (χ1) is 6.07. The fraction of sp³-hybridized carbons (Fsp3) is 0.125. The number of carbonyl (C=O) groups is 1. The Hall–Kier alpha value is -0.740. The minimum atomic E-state index is -0.475. The Kier molecular flexibility index (Phi) is 3.17. The molecule has 70 valence electrons. The van der Waals surface area contributed by atoms with Gasteiger partial charge in [0, 0.05) is 0 Å². The maximum atomic E-state index is 11.2. The fourth-order valence-electron chi connectivity index (χ4n) is 0.888. The van der Waals surface area contributed by atoms with Gasteiger partial charge in [0.1, 0.15) is 0 Å². The fourth-order valence-corrected chi connectivity index (χ4v) is 1.43. The number of aromatic hydroxyl groups is 2. The molecule has 0 radical (unpaired) electrons. The molecule has 0 spiro atoms. The van der Waals surface area contributed by atoms with E-state index in [0.717, 1.165) is 0 Å². The average Bonchev–Trinajstić information content (AvgIpc) is 2.12. The number of hydrogen-bond donors (Lipinski definition) is 2. The molecule has 0 aliphatic heterocycles. The number of alkyl halides is 1. The van der Waals surface area contributed by atoms with Gasteiger partial charge in [-0.2, -0.15) is 0 Å². The van der Waals surface area contributed by atoms with Crippen molar-refractivity contribution in [3.05, 3.63) is 22.7 Å². The molecular formula is C8H6BrClO3. The van der Waals surface area contributed by atoms with Crippen LogP contribution < -0.4 is 0 Å². The van der Waals surface area contributed by atoms with Crippen molar-refractivity contribution in [1.29, 1.82) is 0 Å². The average molecular weight is 265 g/mol. The van der Waals surface area contributed by atoms with Crippen LogP contribution in [-0.4, -0.2) is 21.3 Å². The number of halogens is 2. The number of ketones is 1. The highest BCUT2D eigenvalue weighted by Gasteiger charge is 2.16. The van der Waals surface area contributed by atoms with Crippen LogP contribution in [0.4, 0.5) is 0 Å². The molecule has 0 aliphatic carbocycles. The number of rotatable bonds is 2. The zero-order valence-corrected chi connectivity index (χ0v) is 8.76. The minimum Gasteiger partial charge on any atom is -0.504 e. The van der Waals surface area contributed by atoms with Crippen molar-refractivity contribution in [3.63, 3.8) is 0 Å². The molecule has 13 heavy (non-hydrogen) atoms. The molecule has 1 aromatic carbocycles. The van der Waals surface area contributed by atoms with Gasteiger partial charge in [0.15, 0.2) is 17.3 Å². The number of Topliss-reactive ketones (excluding diaryl/α,β-unsaturated/α-hetero) is 1. The second kappa shape index (κ2) is 3.98. The molecule has 0 bridgehead atoms. The molecule has 0 fully saturated rings. The lowest BCUT2D eigenvalue weighted by Gasteiger charge is -2.05. The van der Waals surface area contributed by atoms with Crippen LogP contribution in [0.3, 0.4) is 0 Å². The van der Waals surface area contributed by atoms with Crippen molar-refractivity contribution < 1.29 is 15.0 Å². The number of hydrogen-bond acceptors (Lipinski definition) is 3. The van der Waals surface area contributed by atoms with Crippen LogP contribution in [0, 0.1) is 0 Å². The van der Waals surface area contributed by atoms with Crippen LogP contribution in [0.15, 0.2) is 12.1 Å². The van der Waals surface area contributed by atoms with Crippen LogP contribution in [0.1, 0.15) is 10.4 Å². The highest BCUT2D eigenvalue weighted by atomic mass is 79.9. The molecule has 0 unspecified atom stereocenters. The number of benzene rings is 1. The first-order valence-electron chi connectivity index (χ1n) is 3.37. The van der Waals surface area contributed by atoms with Crippen LogP contribution in [-0.2, 0) is 0 Å². The summed E-state index contributed by atoms with van der Waals surface area (Å²) in [6.45, 7) is 0. The summed E-state index contributed by atoms with van der Waals surface area (Å²) in [5, 5.41) is 18.6. The third kappa shape index (κ3) is 1.95. The molecular weight excluding hydrogens is 259 g/mol. The summed E-state index contributed by atoms with van der Waals surface area (Å²) >= 11 is 8.61. The van der Waals surface area contributed by atoms with E-state index in [-0.39, 0.29) is 27.4 Å². The van der Waals surface area contributed by atoms with E-state index >= 15 is 0 Å². The molecule has 1 aromatic rings. The summed E-state index contributed by atoms with van der Waals surface area (Å²) in [6, 6.07) is 2.58. The first kappa shape index (κ1) is 10.3. The van der Waals surface area contributed by atoms with Crippen LogP contribution in [0.25, 0.3) is 0 Å². The lowest BCUT2D eigenvalue weighted by molar-refractivity contribution is 0.102. The molecule has 0 aliphatic rings. The van der Waals surface area contributed by atoms with Crippen molar-refractivity contribution in [2.45, 2.75) is 0 Å². The number of phenols is 2. The lowest BCUT2D eigenvalue weighted by Crippen LogP contribution is -2.01. The molecule has 3 nitrogen and oxygen atoms in total. The monoisotopic (exact) mass is 264 g/mol. The third-order valence-electron chi connectivity index (χ3n) is 1.51. The molecule has 0 saturated carbocycles. The van der Waals surface area contributed by atoms with Crippen molar-refractivity contribution in [1.82, 2.24) is 0 Å². The smallest absolute Gasteiger partial charge is 0.178 e. The van der Waals surface area contributed by atoms with Crippen molar-refractivity contribution in [3.8, 4) is 11.5 Å². The van der Waals surface area contributed by atoms with Gasteiger partial charge in [-0.15, -0.1) is 0 Å². The lowest BCUT2D eigenvalue weighted by atomic mass is 10.1. The van der Waals surface area contributed by atoms with Gasteiger partial charge >= 0.3 is 0 Å². The van der Waals surface area contributed by atoms with E-state index < -0.39 is 5.75 Å². The summed E-state index contributed by atoms with van der Waals surface area (Å²) in [5.74, 6) is -1.20. The highest BCUT2D eigenvalue weighted by molar-refractivity contribution is 9.09. The van der Waals surface area contributed by atoms with E-state index in [0.29, 0.717) is 0 Å². The summed E-state index contributed by atoms with van der Waals surface area (Å²) in [5.41, 5.74) is -0.0569. The SMILES string of the molecule is O=C(CBr)c1c(Cl)ccc(O)c1O. The standard InChI is InChI=1S/C8H6BrClO3/c9-3-6(12)7-4(10)1-2-5(11)8(7)13/h1-2,11,13H,3H2. The molecule has 0 heterocycles. The summed E-state index contributed by atoms with van der Waals surface area (Å²) in [7, 11) is 0. The number of carbonyl (C=O) groups excluding carboxylic acids is 1. The van der Waals surface area contributed by atoms with Crippen molar-refractivity contribution in [2.75, 3.05) is 5.33 Å². The van der Waals surface area contributed by atoms with E-state index in [4.69, 9.17) is 16.7 Å². The maximum absolute atomic E-state index is 11.2. The normalized spacial score (nSPS) is 10.0. The largest absolute Gasteiger partial charge is 0.504 e. The predicted octanol–water partition coefficient (Wildman–Crippen LogP) is 2.33.